The first-order valence-electron chi connectivity index (χ1n) is 5.31. The highest BCUT2D eigenvalue weighted by molar-refractivity contribution is 5.73. The van der Waals surface area contributed by atoms with E-state index in [2.05, 4.69) is 5.32 Å². The van der Waals surface area contributed by atoms with Crippen molar-refractivity contribution in [2.24, 2.45) is 0 Å². The van der Waals surface area contributed by atoms with Crippen LogP contribution in [-0.4, -0.2) is 28.6 Å². The van der Waals surface area contributed by atoms with Gasteiger partial charge in [0.2, 0.25) is 0 Å². The quantitative estimate of drug-likeness (QED) is 0.593. The predicted molar refractivity (Wildman–Crippen MR) is 65.0 cm³/mol. The number of carboxylic acid groups (broad SMARTS) is 1. The summed E-state index contributed by atoms with van der Waals surface area (Å²) < 4.78 is 5.33. The van der Waals surface area contributed by atoms with Gasteiger partial charge in [-0.25, -0.2) is 0 Å². The highest BCUT2D eigenvalue weighted by atomic mass is 16.6. The van der Waals surface area contributed by atoms with Crippen LogP contribution in [0.15, 0.2) is 18.2 Å². The Morgan fingerprint density at radius 3 is 2.72 bits per heavy atom. The number of benzene rings is 1. The maximum absolute atomic E-state index is 10.8. The van der Waals surface area contributed by atoms with E-state index in [-0.39, 0.29) is 24.1 Å². The Labute approximate surface area is 104 Å². The molecule has 7 nitrogen and oxygen atoms in total. The number of anilines is 1. The van der Waals surface area contributed by atoms with Gasteiger partial charge in [0.25, 0.3) is 0 Å². The number of rotatable bonds is 6. The molecule has 18 heavy (non-hydrogen) atoms. The molecule has 0 aromatic heterocycles. The Balaban J connectivity index is 2.97. The minimum absolute atomic E-state index is 0.116. The third-order valence-corrected chi connectivity index (χ3v) is 1.96. The SMILES string of the molecule is CC(C)Oc1cc(NCC(=O)O)ccc1[N+](=O)[O-]. The molecule has 1 aromatic rings. The van der Waals surface area contributed by atoms with Crippen LogP contribution >= 0.6 is 0 Å². The molecule has 1 rings (SSSR count). The highest BCUT2D eigenvalue weighted by Gasteiger charge is 2.16. The molecule has 0 saturated carbocycles. The van der Waals surface area contributed by atoms with Crippen molar-refractivity contribution >= 4 is 17.3 Å². The van der Waals surface area contributed by atoms with Crippen LogP contribution in [0.3, 0.4) is 0 Å². The Bertz CT molecular complexity index is 459. The van der Waals surface area contributed by atoms with Crippen molar-refractivity contribution in [1.29, 1.82) is 0 Å². The Hall–Kier alpha value is -2.31. The Kier molecular flexibility index (Phi) is 4.47. The fourth-order valence-electron chi connectivity index (χ4n) is 1.30. The molecule has 2 N–H and O–H groups in total. The van der Waals surface area contributed by atoms with Crippen LogP contribution < -0.4 is 10.1 Å². The number of carbonyl (C=O) groups is 1. The van der Waals surface area contributed by atoms with E-state index in [4.69, 9.17) is 9.84 Å². The molecule has 0 saturated heterocycles. The number of nitrogens with zero attached hydrogens (tertiary/aromatic N) is 1. The molecule has 0 heterocycles. The average molecular weight is 254 g/mol. The molecule has 0 fully saturated rings. The van der Waals surface area contributed by atoms with Crippen molar-refractivity contribution in [1.82, 2.24) is 0 Å². The van der Waals surface area contributed by atoms with Crippen LogP contribution in [0.1, 0.15) is 13.8 Å². The zero-order valence-electron chi connectivity index (χ0n) is 10.0. The first-order valence-corrected chi connectivity index (χ1v) is 5.31. The van der Waals surface area contributed by atoms with E-state index >= 15 is 0 Å². The number of hydrogen-bond acceptors (Lipinski definition) is 5. The minimum atomic E-state index is -1.01. The lowest BCUT2D eigenvalue weighted by Crippen LogP contribution is -2.13. The number of carboxylic acids is 1. The molecule has 0 atom stereocenters. The van der Waals surface area contributed by atoms with Crippen molar-refractivity contribution in [3.8, 4) is 5.75 Å². The summed E-state index contributed by atoms with van der Waals surface area (Å²) in [5.74, 6) is -0.898. The van der Waals surface area contributed by atoms with Crippen LogP contribution in [0.25, 0.3) is 0 Å². The summed E-state index contributed by atoms with van der Waals surface area (Å²) in [7, 11) is 0. The van der Waals surface area contributed by atoms with Crippen LogP contribution in [0.4, 0.5) is 11.4 Å². The summed E-state index contributed by atoms with van der Waals surface area (Å²) in [6.45, 7) is 3.24. The van der Waals surface area contributed by atoms with Crippen LogP contribution in [0.2, 0.25) is 0 Å². The van der Waals surface area contributed by atoms with Gasteiger partial charge in [0, 0.05) is 17.8 Å². The van der Waals surface area contributed by atoms with Gasteiger partial charge < -0.3 is 15.2 Å². The van der Waals surface area contributed by atoms with Gasteiger partial charge in [-0.1, -0.05) is 0 Å². The lowest BCUT2D eigenvalue weighted by molar-refractivity contribution is -0.386. The molecule has 0 bridgehead atoms. The van der Waals surface area contributed by atoms with Crippen molar-refractivity contribution in [3.05, 3.63) is 28.3 Å². The van der Waals surface area contributed by atoms with E-state index in [9.17, 15) is 14.9 Å². The van der Waals surface area contributed by atoms with Crippen LogP contribution in [0, 0.1) is 10.1 Å². The third-order valence-electron chi connectivity index (χ3n) is 1.96. The van der Waals surface area contributed by atoms with E-state index in [0.717, 1.165) is 0 Å². The largest absolute Gasteiger partial charge is 0.484 e. The van der Waals surface area contributed by atoms with Gasteiger partial charge in [0.1, 0.15) is 6.54 Å². The average Bonchev–Trinajstić information content (AvgIpc) is 2.25. The fraction of sp³-hybridized carbons (Fsp3) is 0.364. The molecular weight excluding hydrogens is 240 g/mol. The second-order valence-electron chi connectivity index (χ2n) is 3.85. The molecule has 0 aliphatic carbocycles. The fourth-order valence-corrected chi connectivity index (χ4v) is 1.30. The Morgan fingerprint density at radius 1 is 1.56 bits per heavy atom. The first-order chi connectivity index (χ1) is 8.40. The topological polar surface area (TPSA) is 102 Å². The lowest BCUT2D eigenvalue weighted by Gasteiger charge is -2.11. The third kappa shape index (κ3) is 3.93. The van der Waals surface area contributed by atoms with Gasteiger partial charge in [0.05, 0.1) is 11.0 Å². The van der Waals surface area contributed by atoms with Gasteiger partial charge in [0.15, 0.2) is 5.75 Å². The lowest BCUT2D eigenvalue weighted by atomic mass is 10.2. The maximum atomic E-state index is 10.8. The summed E-state index contributed by atoms with van der Waals surface area (Å²) in [6, 6.07) is 4.14. The van der Waals surface area contributed by atoms with Crippen LogP contribution in [-0.2, 0) is 4.79 Å². The predicted octanol–water partition coefficient (Wildman–Crippen LogP) is 1.88. The first kappa shape index (κ1) is 13.8. The zero-order valence-corrected chi connectivity index (χ0v) is 10.0. The standard InChI is InChI=1S/C11H14N2O5/c1-7(2)18-10-5-8(12-6-11(14)15)3-4-9(10)13(16)17/h3-5,7,12H,6H2,1-2H3,(H,14,15). The van der Waals surface area contributed by atoms with Gasteiger partial charge in [-0.05, 0) is 19.9 Å². The number of hydrogen-bond donors (Lipinski definition) is 2. The Morgan fingerprint density at radius 2 is 2.22 bits per heavy atom. The smallest absolute Gasteiger partial charge is 0.322 e. The van der Waals surface area contributed by atoms with Crippen molar-refractivity contribution < 1.29 is 19.6 Å². The molecule has 0 unspecified atom stereocenters. The second kappa shape index (κ2) is 5.85. The van der Waals surface area contributed by atoms with E-state index in [1.165, 1.54) is 18.2 Å². The molecule has 0 amide bonds. The number of ether oxygens (including phenoxy) is 1. The molecule has 7 heteroatoms. The number of aliphatic carboxylic acids is 1. The van der Waals surface area contributed by atoms with Gasteiger partial charge in [-0.3, -0.25) is 14.9 Å². The summed E-state index contributed by atoms with van der Waals surface area (Å²) in [5, 5.41) is 21.9. The monoisotopic (exact) mass is 254 g/mol. The van der Waals surface area contributed by atoms with E-state index in [1.807, 2.05) is 0 Å². The second-order valence-corrected chi connectivity index (χ2v) is 3.85. The summed E-state index contributed by atoms with van der Waals surface area (Å²) in [4.78, 5) is 20.7. The molecule has 0 aliphatic rings. The molecule has 1 aromatic carbocycles. The van der Waals surface area contributed by atoms with Crippen molar-refractivity contribution in [2.75, 3.05) is 11.9 Å². The van der Waals surface area contributed by atoms with Crippen LogP contribution in [0.5, 0.6) is 5.75 Å². The summed E-state index contributed by atoms with van der Waals surface area (Å²) >= 11 is 0. The van der Waals surface area contributed by atoms with Crippen molar-refractivity contribution in [3.63, 3.8) is 0 Å². The van der Waals surface area contributed by atoms with Crippen molar-refractivity contribution in [2.45, 2.75) is 20.0 Å². The summed E-state index contributed by atoms with van der Waals surface area (Å²) in [5.41, 5.74) is 0.309. The van der Waals surface area contributed by atoms with E-state index in [1.54, 1.807) is 13.8 Å². The molecule has 0 spiro atoms. The van der Waals surface area contributed by atoms with Gasteiger partial charge >= 0.3 is 11.7 Å². The zero-order chi connectivity index (χ0) is 13.7. The molecule has 98 valence electrons. The maximum Gasteiger partial charge on any atom is 0.322 e. The number of nitro groups is 1. The summed E-state index contributed by atoms with van der Waals surface area (Å²) in [6.07, 6.45) is -0.210. The molecule has 0 radical (unpaired) electrons. The highest BCUT2D eigenvalue weighted by Crippen LogP contribution is 2.30. The van der Waals surface area contributed by atoms with Gasteiger partial charge in [-0.2, -0.15) is 0 Å². The minimum Gasteiger partial charge on any atom is -0.484 e. The number of nitrogens with one attached hydrogen (secondary N) is 1. The van der Waals surface area contributed by atoms with E-state index in [0.29, 0.717) is 5.69 Å². The van der Waals surface area contributed by atoms with E-state index < -0.39 is 10.9 Å². The molecule has 0 aliphatic heterocycles. The van der Waals surface area contributed by atoms with Gasteiger partial charge in [-0.15, -0.1) is 0 Å². The molecular formula is C11H14N2O5. The normalized spacial score (nSPS) is 10.2. The number of nitro benzene ring substituents is 1.